The van der Waals surface area contributed by atoms with Gasteiger partial charge in [-0.15, -0.1) is 0 Å². The summed E-state index contributed by atoms with van der Waals surface area (Å²) in [6.45, 7) is 0. The lowest BCUT2D eigenvalue weighted by Gasteiger charge is -2.09. The van der Waals surface area contributed by atoms with E-state index >= 15 is 0 Å². The molecule has 2 N–H and O–H groups in total. The molecule has 0 saturated carbocycles. The second kappa shape index (κ2) is 5.80. The number of imide groups is 1. The monoisotopic (exact) mass is 336 g/mol. The fourth-order valence-corrected chi connectivity index (χ4v) is 2.25. The van der Waals surface area contributed by atoms with Crippen molar-refractivity contribution in [2.45, 2.75) is 0 Å². The van der Waals surface area contributed by atoms with Gasteiger partial charge < -0.3 is 5.32 Å². The minimum atomic E-state index is -1.30. The number of hydrogen-bond donors (Lipinski definition) is 2. The van der Waals surface area contributed by atoms with Gasteiger partial charge in [0.1, 0.15) is 5.70 Å². The molecule has 0 spiro atoms. The molecule has 2 amide bonds. The Labute approximate surface area is 132 Å². The van der Waals surface area contributed by atoms with Crippen molar-refractivity contribution in [2.75, 3.05) is 5.32 Å². The number of nitrogens with one attached hydrogen (secondary N) is 2. The molecule has 1 heterocycles. The molecule has 1 aliphatic heterocycles. The molecule has 0 fully saturated rings. The summed E-state index contributed by atoms with van der Waals surface area (Å²) in [5, 5.41) is 4.37. The second-order valence-corrected chi connectivity index (χ2v) is 4.89. The fourth-order valence-electron chi connectivity index (χ4n) is 2.25. The Hall–Kier alpha value is -3.16. The molecular formula is C16H8F4N2O2. The topological polar surface area (TPSA) is 58.2 Å². The number of rotatable bonds is 3. The largest absolute Gasteiger partial charge is 0.350 e. The first-order valence-corrected chi connectivity index (χ1v) is 6.65. The van der Waals surface area contributed by atoms with E-state index in [9.17, 15) is 27.2 Å². The average molecular weight is 336 g/mol. The number of carbonyl (C=O) groups excluding carboxylic acids is 2. The normalized spacial score (nSPS) is 14.2. The van der Waals surface area contributed by atoms with E-state index in [1.54, 1.807) is 0 Å². The zero-order valence-electron chi connectivity index (χ0n) is 11.8. The summed E-state index contributed by atoms with van der Waals surface area (Å²) in [6, 6.07) is 5.86. The average Bonchev–Trinajstić information content (AvgIpc) is 2.80. The zero-order chi connectivity index (χ0) is 17.4. The van der Waals surface area contributed by atoms with Gasteiger partial charge in [-0.3, -0.25) is 14.9 Å². The van der Waals surface area contributed by atoms with Gasteiger partial charge >= 0.3 is 0 Å². The smallest absolute Gasteiger partial charge is 0.275 e. The molecule has 3 rings (SSSR count). The van der Waals surface area contributed by atoms with Crippen LogP contribution in [0.5, 0.6) is 0 Å². The molecule has 1 aliphatic rings. The van der Waals surface area contributed by atoms with Crippen LogP contribution in [0, 0.1) is 23.3 Å². The van der Waals surface area contributed by atoms with Gasteiger partial charge in [-0.1, -0.05) is 12.1 Å². The maximum Gasteiger partial charge on any atom is 0.275 e. The lowest BCUT2D eigenvalue weighted by Crippen LogP contribution is -2.24. The van der Waals surface area contributed by atoms with E-state index in [0.29, 0.717) is 0 Å². The summed E-state index contributed by atoms with van der Waals surface area (Å²) in [4.78, 5) is 23.8. The predicted molar refractivity (Wildman–Crippen MR) is 76.4 cm³/mol. The highest BCUT2D eigenvalue weighted by Crippen LogP contribution is 2.28. The van der Waals surface area contributed by atoms with Crippen LogP contribution in [0.3, 0.4) is 0 Å². The van der Waals surface area contributed by atoms with Gasteiger partial charge in [-0.25, -0.2) is 17.6 Å². The third kappa shape index (κ3) is 2.62. The molecule has 0 aromatic heterocycles. The van der Waals surface area contributed by atoms with Gasteiger partial charge in [0, 0.05) is 17.3 Å². The van der Waals surface area contributed by atoms with Crippen LogP contribution in [-0.4, -0.2) is 11.8 Å². The fraction of sp³-hybridized carbons (Fsp3) is 0. The van der Waals surface area contributed by atoms with Gasteiger partial charge in [0.2, 0.25) is 0 Å². The SMILES string of the molecule is O=C1NC(=O)C(c2cccc(F)c2F)=C1Nc1ccc(F)c(F)c1. The first-order chi connectivity index (χ1) is 11.4. The van der Waals surface area contributed by atoms with Crippen LogP contribution >= 0.6 is 0 Å². The highest BCUT2D eigenvalue weighted by molar-refractivity contribution is 6.36. The minimum absolute atomic E-state index is 0.0388. The second-order valence-electron chi connectivity index (χ2n) is 4.89. The van der Waals surface area contributed by atoms with Crippen molar-refractivity contribution in [3.63, 3.8) is 0 Å². The van der Waals surface area contributed by atoms with Crippen LogP contribution < -0.4 is 10.6 Å². The number of benzene rings is 2. The van der Waals surface area contributed by atoms with Crippen LogP contribution in [0.25, 0.3) is 5.57 Å². The molecule has 2 aromatic carbocycles. The molecule has 2 aromatic rings. The highest BCUT2D eigenvalue weighted by Gasteiger charge is 2.33. The van der Waals surface area contributed by atoms with E-state index in [-0.39, 0.29) is 5.69 Å². The number of hydrogen-bond acceptors (Lipinski definition) is 3. The summed E-state index contributed by atoms with van der Waals surface area (Å²) in [5.74, 6) is -6.61. The molecule has 0 unspecified atom stereocenters. The maximum atomic E-state index is 13.9. The van der Waals surface area contributed by atoms with Crippen molar-refractivity contribution in [3.8, 4) is 0 Å². The molecule has 8 heteroatoms. The molecule has 0 aliphatic carbocycles. The molecule has 122 valence electrons. The van der Waals surface area contributed by atoms with Gasteiger partial charge in [0.05, 0.1) is 5.57 Å². The third-order valence-electron chi connectivity index (χ3n) is 3.34. The quantitative estimate of drug-likeness (QED) is 0.669. The van der Waals surface area contributed by atoms with E-state index in [1.807, 2.05) is 5.32 Å². The lowest BCUT2D eigenvalue weighted by atomic mass is 10.0. The van der Waals surface area contributed by atoms with E-state index in [1.165, 1.54) is 6.07 Å². The van der Waals surface area contributed by atoms with Gasteiger partial charge in [0.25, 0.3) is 11.8 Å². The maximum absolute atomic E-state index is 13.9. The number of anilines is 1. The van der Waals surface area contributed by atoms with Gasteiger partial charge in [0.15, 0.2) is 23.3 Å². The Bertz CT molecular complexity index is 909. The molecule has 0 atom stereocenters. The summed E-state index contributed by atoms with van der Waals surface area (Å²) in [6.07, 6.45) is 0. The molecule has 0 bridgehead atoms. The Balaban J connectivity index is 2.11. The molecule has 0 saturated heterocycles. The van der Waals surface area contributed by atoms with Crippen LogP contribution in [0.2, 0.25) is 0 Å². The Morgan fingerprint density at radius 3 is 2.29 bits per heavy atom. The lowest BCUT2D eigenvalue weighted by molar-refractivity contribution is -0.123. The first kappa shape index (κ1) is 15.7. The standard InChI is InChI=1S/C16H8F4N2O2/c17-9-5-4-7(6-11(9)19)21-14-12(15(23)22-16(14)24)8-2-1-3-10(18)13(8)20/h1-6H,(H2,21,22,23,24). The van der Waals surface area contributed by atoms with Crippen molar-refractivity contribution in [1.82, 2.24) is 5.32 Å². The Morgan fingerprint density at radius 1 is 0.833 bits per heavy atom. The summed E-state index contributed by atoms with van der Waals surface area (Å²) < 4.78 is 53.5. The molecule has 24 heavy (non-hydrogen) atoms. The Kier molecular flexibility index (Phi) is 3.80. The van der Waals surface area contributed by atoms with E-state index in [2.05, 4.69) is 5.32 Å². The Morgan fingerprint density at radius 2 is 1.58 bits per heavy atom. The van der Waals surface area contributed by atoms with E-state index in [4.69, 9.17) is 0 Å². The van der Waals surface area contributed by atoms with Crippen molar-refractivity contribution in [3.05, 3.63) is 70.9 Å². The van der Waals surface area contributed by atoms with Gasteiger partial charge in [-0.05, 0) is 18.2 Å². The summed E-state index contributed by atoms with van der Waals surface area (Å²) in [7, 11) is 0. The van der Waals surface area contributed by atoms with Crippen LogP contribution in [0.15, 0.2) is 42.1 Å². The third-order valence-corrected chi connectivity index (χ3v) is 3.34. The number of carbonyl (C=O) groups is 2. The molecular weight excluding hydrogens is 328 g/mol. The van der Waals surface area contributed by atoms with Gasteiger partial charge in [-0.2, -0.15) is 0 Å². The highest BCUT2D eigenvalue weighted by atomic mass is 19.2. The molecule has 0 radical (unpaired) electrons. The minimum Gasteiger partial charge on any atom is -0.350 e. The van der Waals surface area contributed by atoms with E-state index in [0.717, 1.165) is 30.3 Å². The van der Waals surface area contributed by atoms with Crippen LogP contribution in [0.1, 0.15) is 5.56 Å². The van der Waals surface area contributed by atoms with Crippen molar-refractivity contribution in [1.29, 1.82) is 0 Å². The number of halogens is 4. The summed E-state index contributed by atoms with van der Waals surface area (Å²) >= 11 is 0. The van der Waals surface area contributed by atoms with Crippen molar-refractivity contribution < 1.29 is 27.2 Å². The zero-order valence-corrected chi connectivity index (χ0v) is 11.8. The molecule has 4 nitrogen and oxygen atoms in total. The predicted octanol–water partition coefficient (Wildman–Crippen LogP) is 2.72. The number of amides is 2. The van der Waals surface area contributed by atoms with Crippen LogP contribution in [0.4, 0.5) is 23.2 Å². The van der Waals surface area contributed by atoms with E-state index < -0.39 is 51.9 Å². The first-order valence-electron chi connectivity index (χ1n) is 6.65. The summed E-state index contributed by atoms with van der Waals surface area (Å²) in [5.41, 5.74) is -1.29. The van der Waals surface area contributed by atoms with Crippen molar-refractivity contribution in [2.24, 2.45) is 0 Å². The van der Waals surface area contributed by atoms with Crippen molar-refractivity contribution >= 4 is 23.1 Å². The van der Waals surface area contributed by atoms with Crippen LogP contribution in [-0.2, 0) is 9.59 Å².